The first-order valence-electron chi connectivity index (χ1n) is 5.13. The molecule has 0 aliphatic heterocycles. The summed E-state index contributed by atoms with van der Waals surface area (Å²) in [5.41, 5.74) is 2.51. The smallest absolute Gasteiger partial charge is 0.354 e. The van der Waals surface area contributed by atoms with Crippen LogP contribution in [0.2, 0.25) is 0 Å². The van der Waals surface area contributed by atoms with Crippen LogP contribution in [0.5, 0.6) is 0 Å². The molecule has 0 spiro atoms. The minimum Gasteiger partial charge on any atom is -0.464 e. The van der Waals surface area contributed by atoms with Gasteiger partial charge in [-0.2, -0.15) is 0 Å². The molecule has 0 saturated carbocycles. The molecule has 0 aliphatic carbocycles. The van der Waals surface area contributed by atoms with Crippen LogP contribution in [0, 0.1) is 0 Å². The molecule has 0 amide bonds. The molecule has 1 heterocycles. The number of esters is 1. The van der Waals surface area contributed by atoms with E-state index in [1.54, 1.807) is 0 Å². The Hall–Kier alpha value is -1.49. The molecule has 5 heteroatoms. The molecule has 0 atom stereocenters. The number of aromatic nitrogens is 1. The van der Waals surface area contributed by atoms with Gasteiger partial charge in [0.05, 0.1) is 12.6 Å². The Morgan fingerprint density at radius 3 is 2.71 bits per heavy atom. The van der Waals surface area contributed by atoms with E-state index in [1.165, 1.54) is 7.11 Å². The second-order valence-electron chi connectivity index (χ2n) is 3.73. The molecular weight excluding hydrogens is 284 g/mol. The summed E-state index contributed by atoms with van der Waals surface area (Å²) in [4.78, 5) is 11.6. The van der Waals surface area contributed by atoms with Crippen LogP contribution in [-0.4, -0.2) is 24.7 Å². The third-order valence-electron chi connectivity index (χ3n) is 2.77. The van der Waals surface area contributed by atoms with Crippen LogP contribution in [-0.2, 0) is 11.8 Å². The highest BCUT2D eigenvalue weighted by Crippen LogP contribution is 2.30. The predicted molar refractivity (Wildman–Crippen MR) is 71.5 cm³/mol. The topological polar surface area (TPSA) is 43.3 Å². The SMILES string of the molecule is CNc1cc(Br)c2c(c1)cc(C(=O)OC)n2C. The van der Waals surface area contributed by atoms with E-state index in [2.05, 4.69) is 21.2 Å². The van der Waals surface area contributed by atoms with E-state index in [4.69, 9.17) is 4.74 Å². The van der Waals surface area contributed by atoms with Crippen LogP contribution in [0.3, 0.4) is 0 Å². The van der Waals surface area contributed by atoms with Gasteiger partial charge in [0.25, 0.3) is 0 Å². The average Bonchev–Trinajstić information content (AvgIpc) is 2.66. The normalized spacial score (nSPS) is 10.6. The lowest BCUT2D eigenvalue weighted by Gasteiger charge is -2.05. The molecule has 1 aromatic carbocycles. The Bertz CT molecular complexity index is 590. The summed E-state index contributed by atoms with van der Waals surface area (Å²) in [6.07, 6.45) is 0. The number of rotatable bonds is 2. The highest BCUT2D eigenvalue weighted by Gasteiger charge is 2.15. The second kappa shape index (κ2) is 4.41. The van der Waals surface area contributed by atoms with Gasteiger partial charge < -0.3 is 14.6 Å². The van der Waals surface area contributed by atoms with Gasteiger partial charge in [-0.3, -0.25) is 0 Å². The van der Waals surface area contributed by atoms with Crippen molar-refractivity contribution in [2.45, 2.75) is 0 Å². The van der Waals surface area contributed by atoms with Crippen molar-refractivity contribution in [1.82, 2.24) is 4.57 Å². The Morgan fingerprint density at radius 1 is 1.41 bits per heavy atom. The molecule has 2 aromatic rings. The van der Waals surface area contributed by atoms with Crippen LogP contribution in [0.25, 0.3) is 10.9 Å². The van der Waals surface area contributed by atoms with E-state index < -0.39 is 0 Å². The first kappa shape index (κ1) is 12.0. The molecule has 90 valence electrons. The molecular formula is C12H13BrN2O2. The number of aryl methyl sites for hydroxylation is 1. The number of nitrogens with zero attached hydrogens (tertiary/aromatic N) is 1. The summed E-state index contributed by atoms with van der Waals surface area (Å²) in [6, 6.07) is 5.79. The quantitative estimate of drug-likeness (QED) is 0.867. The summed E-state index contributed by atoms with van der Waals surface area (Å²) in [7, 11) is 5.09. The van der Waals surface area contributed by atoms with Gasteiger partial charge in [-0.1, -0.05) is 0 Å². The maximum atomic E-state index is 11.6. The molecule has 0 radical (unpaired) electrons. The molecule has 0 fully saturated rings. The van der Waals surface area contributed by atoms with Crippen molar-refractivity contribution in [3.63, 3.8) is 0 Å². The Morgan fingerprint density at radius 2 is 2.12 bits per heavy atom. The van der Waals surface area contributed by atoms with Crippen molar-refractivity contribution >= 4 is 38.5 Å². The highest BCUT2D eigenvalue weighted by atomic mass is 79.9. The summed E-state index contributed by atoms with van der Waals surface area (Å²) < 4.78 is 7.52. The number of anilines is 1. The number of hydrogen-bond acceptors (Lipinski definition) is 3. The largest absolute Gasteiger partial charge is 0.464 e. The van der Waals surface area contributed by atoms with Gasteiger partial charge in [-0.15, -0.1) is 0 Å². The number of ether oxygens (including phenoxy) is 1. The number of fused-ring (bicyclic) bond motifs is 1. The standard InChI is InChI=1S/C12H13BrN2O2/c1-14-8-4-7-5-10(12(16)17-3)15(2)11(7)9(13)6-8/h4-6,14H,1-3H3. The number of hydrogen-bond donors (Lipinski definition) is 1. The molecule has 0 aliphatic rings. The zero-order valence-corrected chi connectivity index (χ0v) is 11.5. The minimum atomic E-state index is -0.332. The molecule has 0 bridgehead atoms. The zero-order chi connectivity index (χ0) is 12.6. The molecule has 4 nitrogen and oxygen atoms in total. The number of benzene rings is 1. The predicted octanol–water partition coefficient (Wildman–Crippen LogP) is 2.77. The maximum Gasteiger partial charge on any atom is 0.354 e. The van der Waals surface area contributed by atoms with Crippen molar-refractivity contribution in [3.8, 4) is 0 Å². The highest BCUT2D eigenvalue weighted by molar-refractivity contribution is 9.10. The van der Waals surface area contributed by atoms with Crippen molar-refractivity contribution in [2.75, 3.05) is 19.5 Å². The van der Waals surface area contributed by atoms with E-state index in [0.29, 0.717) is 5.69 Å². The van der Waals surface area contributed by atoms with Gasteiger partial charge in [0.2, 0.25) is 0 Å². The van der Waals surface area contributed by atoms with Crippen molar-refractivity contribution in [1.29, 1.82) is 0 Å². The third-order valence-corrected chi connectivity index (χ3v) is 3.37. The van der Waals surface area contributed by atoms with Gasteiger partial charge in [0.15, 0.2) is 0 Å². The average molecular weight is 297 g/mol. The van der Waals surface area contributed by atoms with Gasteiger partial charge in [-0.25, -0.2) is 4.79 Å². The van der Waals surface area contributed by atoms with E-state index in [1.807, 2.05) is 36.9 Å². The van der Waals surface area contributed by atoms with Gasteiger partial charge in [-0.05, 0) is 34.1 Å². The van der Waals surface area contributed by atoms with Gasteiger partial charge in [0.1, 0.15) is 5.69 Å². The number of carbonyl (C=O) groups is 1. The molecule has 1 N–H and O–H groups in total. The summed E-state index contributed by atoms with van der Waals surface area (Å²) in [5, 5.41) is 4.07. The van der Waals surface area contributed by atoms with Gasteiger partial charge in [0, 0.05) is 29.6 Å². The van der Waals surface area contributed by atoms with E-state index >= 15 is 0 Å². The minimum absolute atomic E-state index is 0.332. The van der Waals surface area contributed by atoms with E-state index in [9.17, 15) is 4.79 Å². The first-order valence-corrected chi connectivity index (χ1v) is 5.92. The maximum absolute atomic E-state index is 11.6. The van der Waals surface area contributed by atoms with Crippen LogP contribution in [0.4, 0.5) is 5.69 Å². The Balaban J connectivity index is 2.73. The van der Waals surface area contributed by atoms with E-state index in [-0.39, 0.29) is 5.97 Å². The van der Waals surface area contributed by atoms with Crippen molar-refractivity contribution in [3.05, 3.63) is 28.4 Å². The molecule has 17 heavy (non-hydrogen) atoms. The van der Waals surface area contributed by atoms with Crippen LogP contribution < -0.4 is 5.32 Å². The Kier molecular flexibility index (Phi) is 3.11. The van der Waals surface area contributed by atoms with Crippen LogP contribution >= 0.6 is 15.9 Å². The lowest BCUT2D eigenvalue weighted by molar-refractivity contribution is 0.0590. The monoisotopic (exact) mass is 296 g/mol. The molecule has 1 aromatic heterocycles. The fraction of sp³-hybridized carbons (Fsp3) is 0.250. The fourth-order valence-corrected chi connectivity index (χ4v) is 2.64. The summed E-state index contributed by atoms with van der Waals surface area (Å²) in [6.45, 7) is 0. The van der Waals surface area contributed by atoms with Crippen molar-refractivity contribution in [2.24, 2.45) is 7.05 Å². The number of halogens is 1. The second-order valence-corrected chi connectivity index (χ2v) is 4.58. The summed E-state index contributed by atoms with van der Waals surface area (Å²) in [5.74, 6) is -0.332. The van der Waals surface area contributed by atoms with E-state index in [0.717, 1.165) is 21.1 Å². The number of nitrogens with one attached hydrogen (secondary N) is 1. The first-order chi connectivity index (χ1) is 8.08. The lowest BCUT2D eigenvalue weighted by atomic mass is 10.2. The van der Waals surface area contributed by atoms with Crippen LogP contribution in [0.1, 0.15) is 10.5 Å². The number of carbonyl (C=O) groups excluding carboxylic acids is 1. The van der Waals surface area contributed by atoms with Gasteiger partial charge >= 0.3 is 5.97 Å². The number of methoxy groups -OCH3 is 1. The lowest BCUT2D eigenvalue weighted by Crippen LogP contribution is -2.07. The van der Waals surface area contributed by atoms with Crippen molar-refractivity contribution < 1.29 is 9.53 Å². The van der Waals surface area contributed by atoms with Crippen LogP contribution in [0.15, 0.2) is 22.7 Å². The molecule has 2 rings (SSSR count). The molecule has 0 unspecified atom stereocenters. The third kappa shape index (κ3) is 1.91. The summed E-state index contributed by atoms with van der Waals surface area (Å²) >= 11 is 3.51. The Labute approximate surface area is 108 Å². The fourth-order valence-electron chi connectivity index (χ4n) is 1.89. The zero-order valence-electron chi connectivity index (χ0n) is 9.87. The molecule has 0 saturated heterocycles.